The Morgan fingerprint density at radius 1 is 1.67 bits per heavy atom. The molecule has 0 amide bonds. The third-order valence-electron chi connectivity index (χ3n) is 1.80. The van der Waals surface area contributed by atoms with Crippen molar-refractivity contribution in [2.45, 2.75) is 6.92 Å². The Bertz CT molecular complexity index is 534. The van der Waals surface area contributed by atoms with Crippen LogP contribution >= 0.6 is 11.8 Å². The highest BCUT2D eigenvalue weighted by atomic mass is 32.2. The summed E-state index contributed by atoms with van der Waals surface area (Å²) in [5, 5.41) is 10.7. The van der Waals surface area contributed by atoms with Crippen molar-refractivity contribution < 1.29 is 14.5 Å². The Kier molecular flexibility index (Phi) is 5.14. The first-order chi connectivity index (χ1) is 8.54. The maximum atomic E-state index is 10.7. The predicted octanol–water partition coefficient (Wildman–Crippen LogP) is 1.63. The number of rotatable bonds is 3. The number of nitro groups is 1. The smallest absolute Gasteiger partial charge is 0.332 e. The third kappa shape index (κ3) is 4.07. The predicted molar refractivity (Wildman–Crippen MR) is 67.5 cm³/mol. The van der Waals surface area contributed by atoms with Crippen molar-refractivity contribution >= 4 is 22.6 Å². The maximum absolute atomic E-state index is 10.7. The molecule has 1 rings (SSSR count). The highest BCUT2D eigenvalue weighted by molar-refractivity contribution is 8.13. The van der Waals surface area contributed by atoms with Gasteiger partial charge in [-0.25, -0.2) is 4.98 Å². The molecule has 1 aromatic heterocycles. The van der Waals surface area contributed by atoms with E-state index in [0.717, 1.165) is 11.8 Å². The maximum Gasteiger partial charge on any atom is 0.332 e. The number of ether oxygens (including phenoxy) is 1. The second kappa shape index (κ2) is 6.61. The number of hydrogen-bond donors (Lipinski definition) is 0. The highest BCUT2D eigenvalue weighted by Gasteiger charge is 2.16. The Labute approximate surface area is 108 Å². The summed E-state index contributed by atoms with van der Waals surface area (Å²) in [6.07, 6.45) is 1.39. The minimum Gasteiger partial charge on any atom is -0.476 e. The van der Waals surface area contributed by atoms with Crippen molar-refractivity contribution in [3.63, 3.8) is 0 Å². The number of nitrogens with zero attached hydrogens (tertiary/aromatic N) is 2. The lowest BCUT2D eigenvalue weighted by Crippen LogP contribution is -1.96. The van der Waals surface area contributed by atoms with Crippen molar-refractivity contribution in [3.05, 3.63) is 27.9 Å². The Hall–Kier alpha value is -2.07. The van der Waals surface area contributed by atoms with E-state index in [4.69, 9.17) is 4.74 Å². The van der Waals surface area contributed by atoms with E-state index in [1.165, 1.54) is 26.3 Å². The van der Waals surface area contributed by atoms with Gasteiger partial charge in [-0.1, -0.05) is 23.6 Å². The van der Waals surface area contributed by atoms with Gasteiger partial charge in [0.1, 0.15) is 0 Å². The molecule has 0 unspecified atom stereocenters. The van der Waals surface area contributed by atoms with E-state index in [2.05, 4.69) is 16.8 Å². The minimum atomic E-state index is -0.582. The first-order valence-electron chi connectivity index (χ1n) is 4.85. The Morgan fingerprint density at radius 2 is 2.39 bits per heavy atom. The number of methoxy groups -OCH3 is 1. The quantitative estimate of drug-likeness (QED) is 0.470. The number of pyridine rings is 1. The van der Waals surface area contributed by atoms with E-state index in [0.29, 0.717) is 11.3 Å². The molecule has 0 aromatic carbocycles. The molecule has 0 atom stereocenters. The first kappa shape index (κ1) is 14.0. The second-order valence-corrected chi connectivity index (χ2v) is 4.24. The number of thioether (sulfide) groups is 1. The fourth-order valence-corrected chi connectivity index (χ4v) is 1.42. The van der Waals surface area contributed by atoms with E-state index >= 15 is 0 Å². The van der Waals surface area contributed by atoms with Gasteiger partial charge in [-0.2, -0.15) is 0 Å². The lowest BCUT2D eigenvalue weighted by molar-refractivity contribution is -0.386. The van der Waals surface area contributed by atoms with Crippen LogP contribution in [0.3, 0.4) is 0 Å². The molecule has 0 saturated carbocycles. The zero-order valence-electron chi connectivity index (χ0n) is 9.80. The summed E-state index contributed by atoms with van der Waals surface area (Å²) in [5.41, 5.74) is 0.176. The molecular weight excluding hydrogens is 256 g/mol. The van der Waals surface area contributed by atoms with E-state index in [-0.39, 0.29) is 16.7 Å². The molecule has 1 heterocycles. The van der Waals surface area contributed by atoms with Crippen LogP contribution in [0.15, 0.2) is 12.3 Å². The standard InChI is InChI=1S/C11H10N2O4S/c1-8(14)18-5-3-4-9-6-10(13(15)16)11(17-2)12-7-9/h6-7H,5H2,1-2H3. The van der Waals surface area contributed by atoms with Crippen LogP contribution in [0.2, 0.25) is 0 Å². The van der Waals surface area contributed by atoms with Crippen molar-refractivity contribution in [1.29, 1.82) is 0 Å². The normalized spacial score (nSPS) is 9.22. The molecule has 0 N–H and O–H groups in total. The third-order valence-corrected chi connectivity index (χ3v) is 2.50. The molecule has 6 nitrogen and oxygen atoms in total. The fraction of sp³-hybridized carbons (Fsp3) is 0.273. The molecule has 0 bridgehead atoms. The first-order valence-corrected chi connectivity index (χ1v) is 5.84. The molecule has 18 heavy (non-hydrogen) atoms. The van der Waals surface area contributed by atoms with Crippen LogP contribution in [0, 0.1) is 22.0 Å². The van der Waals surface area contributed by atoms with Crippen LogP contribution in [0.25, 0.3) is 0 Å². The summed E-state index contributed by atoms with van der Waals surface area (Å²) in [7, 11) is 1.31. The van der Waals surface area contributed by atoms with Crippen LogP contribution in [-0.2, 0) is 4.79 Å². The molecule has 1 aromatic rings. The van der Waals surface area contributed by atoms with E-state index < -0.39 is 4.92 Å². The minimum absolute atomic E-state index is 0.0249. The molecule has 0 aliphatic rings. The van der Waals surface area contributed by atoms with Gasteiger partial charge in [0, 0.05) is 19.2 Å². The zero-order valence-corrected chi connectivity index (χ0v) is 10.6. The van der Waals surface area contributed by atoms with Crippen LogP contribution in [-0.4, -0.2) is 27.9 Å². The van der Waals surface area contributed by atoms with Crippen LogP contribution in [0.5, 0.6) is 5.88 Å². The Morgan fingerprint density at radius 3 is 2.94 bits per heavy atom. The molecule has 0 spiro atoms. The second-order valence-electron chi connectivity index (χ2n) is 3.09. The van der Waals surface area contributed by atoms with E-state index in [1.807, 2.05) is 0 Å². The molecule has 94 valence electrons. The van der Waals surface area contributed by atoms with Crippen LogP contribution < -0.4 is 4.74 Å². The van der Waals surface area contributed by atoms with Gasteiger partial charge in [0.25, 0.3) is 5.88 Å². The lowest BCUT2D eigenvalue weighted by Gasteiger charge is -1.99. The average Bonchev–Trinajstić information content (AvgIpc) is 2.34. The van der Waals surface area contributed by atoms with Gasteiger partial charge >= 0.3 is 5.69 Å². The Balaban J connectivity index is 2.88. The van der Waals surface area contributed by atoms with Gasteiger partial charge in [0.2, 0.25) is 0 Å². The monoisotopic (exact) mass is 266 g/mol. The van der Waals surface area contributed by atoms with Gasteiger partial charge < -0.3 is 4.74 Å². The number of carbonyl (C=O) groups is 1. The fourth-order valence-electron chi connectivity index (χ4n) is 1.07. The van der Waals surface area contributed by atoms with E-state index in [9.17, 15) is 14.9 Å². The highest BCUT2D eigenvalue weighted by Crippen LogP contribution is 2.23. The molecule has 0 aliphatic heterocycles. The summed E-state index contributed by atoms with van der Waals surface area (Å²) in [6.45, 7) is 1.45. The molecule has 7 heteroatoms. The average molecular weight is 266 g/mol. The summed E-state index contributed by atoms with van der Waals surface area (Å²) >= 11 is 1.08. The molecule has 0 saturated heterocycles. The zero-order chi connectivity index (χ0) is 13.5. The van der Waals surface area contributed by atoms with Crippen LogP contribution in [0.1, 0.15) is 12.5 Å². The van der Waals surface area contributed by atoms with Gasteiger partial charge in [-0.15, -0.1) is 0 Å². The summed E-state index contributed by atoms with van der Waals surface area (Å²) < 4.78 is 4.77. The summed E-state index contributed by atoms with van der Waals surface area (Å²) in [5.74, 6) is 5.72. The van der Waals surface area contributed by atoms with Crippen LogP contribution in [0.4, 0.5) is 5.69 Å². The molecule has 0 fully saturated rings. The lowest BCUT2D eigenvalue weighted by atomic mass is 10.2. The van der Waals surface area contributed by atoms with E-state index in [1.54, 1.807) is 0 Å². The summed E-state index contributed by atoms with van der Waals surface area (Å²) in [6, 6.07) is 1.29. The van der Waals surface area contributed by atoms with Crippen molar-refractivity contribution in [3.8, 4) is 17.7 Å². The molecular formula is C11H10N2O4S. The molecule has 0 radical (unpaired) electrons. The number of aromatic nitrogens is 1. The summed E-state index contributed by atoms with van der Waals surface area (Å²) in [4.78, 5) is 24.6. The van der Waals surface area contributed by atoms with Crippen molar-refractivity contribution in [2.24, 2.45) is 0 Å². The van der Waals surface area contributed by atoms with Crippen molar-refractivity contribution in [2.75, 3.05) is 12.9 Å². The van der Waals surface area contributed by atoms with Gasteiger partial charge in [0.15, 0.2) is 5.12 Å². The van der Waals surface area contributed by atoms with Gasteiger partial charge in [0.05, 0.1) is 23.3 Å². The van der Waals surface area contributed by atoms with Gasteiger partial charge in [-0.05, 0) is 0 Å². The largest absolute Gasteiger partial charge is 0.476 e. The topological polar surface area (TPSA) is 82.3 Å². The SMILES string of the molecule is COc1ncc(C#CCSC(C)=O)cc1[N+](=O)[O-]. The molecule has 0 aliphatic carbocycles. The van der Waals surface area contributed by atoms with Gasteiger partial charge in [-0.3, -0.25) is 14.9 Å². The van der Waals surface area contributed by atoms with Crippen molar-refractivity contribution in [1.82, 2.24) is 4.98 Å². The number of carbonyl (C=O) groups excluding carboxylic acids is 1. The number of hydrogen-bond acceptors (Lipinski definition) is 6.